The van der Waals surface area contributed by atoms with E-state index in [9.17, 15) is 14.4 Å². The van der Waals surface area contributed by atoms with E-state index in [1.54, 1.807) is 16.7 Å². The summed E-state index contributed by atoms with van der Waals surface area (Å²) in [4.78, 5) is 13.8. The van der Waals surface area contributed by atoms with E-state index in [0.29, 0.717) is 28.2 Å². The molecule has 0 saturated heterocycles. The van der Waals surface area contributed by atoms with E-state index in [2.05, 4.69) is 26.7 Å². The fourth-order valence-corrected chi connectivity index (χ4v) is 4.82. The molecule has 0 unspecified atom stereocenters. The molecule has 0 saturated carbocycles. The number of hydrogen-bond donors (Lipinski definition) is 1. The number of para-hydroxylation sites is 1. The Morgan fingerprint density at radius 1 is 1.06 bits per heavy atom. The van der Waals surface area contributed by atoms with Gasteiger partial charge in [0, 0.05) is 5.69 Å². The first kappa shape index (κ1) is 22.5. The fraction of sp³-hybridized carbons (Fsp3) is 0.0417. The van der Waals surface area contributed by atoms with Gasteiger partial charge in [-0.1, -0.05) is 36.0 Å². The van der Waals surface area contributed by atoms with Crippen LogP contribution in [0.1, 0.15) is 5.56 Å². The third kappa shape index (κ3) is 4.70. The lowest BCUT2D eigenvalue weighted by Gasteiger charge is -2.11. The number of hydrogen-bond acceptors (Lipinski definition) is 7. The largest absolute Gasteiger partial charge is 0.309 e. The number of carbonyl (C=O) groups excluding carboxylic acids is 1. The Morgan fingerprint density at radius 3 is 2.57 bits per heavy atom. The number of amides is 1. The Kier molecular flexibility index (Phi) is 6.38. The van der Waals surface area contributed by atoms with Crippen LogP contribution < -0.4 is 5.32 Å². The van der Waals surface area contributed by atoms with Crippen LogP contribution in [0.4, 0.5) is 10.2 Å². The molecule has 0 bridgehead atoms. The number of halogens is 1. The second-order valence-electron chi connectivity index (χ2n) is 7.20. The van der Waals surface area contributed by atoms with Crippen molar-refractivity contribution in [3.63, 3.8) is 0 Å². The Morgan fingerprint density at radius 2 is 1.86 bits per heavy atom. The normalized spacial score (nSPS) is 10.7. The Labute approximate surface area is 207 Å². The van der Waals surface area contributed by atoms with Crippen molar-refractivity contribution in [1.29, 1.82) is 5.26 Å². The monoisotopic (exact) mass is 501 g/mol. The summed E-state index contributed by atoms with van der Waals surface area (Å²) < 4.78 is 16.8. The van der Waals surface area contributed by atoms with Crippen LogP contribution in [0, 0.1) is 17.1 Å². The molecule has 0 fully saturated rings. The highest BCUT2D eigenvalue weighted by molar-refractivity contribution is 7.99. The highest BCUT2D eigenvalue weighted by atomic mass is 32.2. The van der Waals surface area contributed by atoms with E-state index in [1.807, 2.05) is 47.8 Å². The zero-order valence-corrected chi connectivity index (χ0v) is 19.6. The molecular formula is C24H16FN7OS2. The van der Waals surface area contributed by atoms with Crippen LogP contribution in [-0.2, 0) is 4.79 Å². The summed E-state index contributed by atoms with van der Waals surface area (Å²) in [5.74, 6) is 0.216. The van der Waals surface area contributed by atoms with Crippen molar-refractivity contribution in [2.75, 3.05) is 11.1 Å². The summed E-state index contributed by atoms with van der Waals surface area (Å²) in [7, 11) is 0. The molecule has 0 aliphatic rings. The van der Waals surface area contributed by atoms with Gasteiger partial charge >= 0.3 is 0 Å². The minimum atomic E-state index is -0.351. The lowest BCUT2D eigenvalue weighted by atomic mass is 10.3. The number of nitrogens with one attached hydrogen (secondary N) is 1. The molecule has 0 aliphatic heterocycles. The second-order valence-corrected chi connectivity index (χ2v) is 9.09. The molecule has 35 heavy (non-hydrogen) atoms. The van der Waals surface area contributed by atoms with Crippen molar-refractivity contribution in [3.05, 3.63) is 89.7 Å². The quantitative estimate of drug-likeness (QED) is 0.318. The predicted molar refractivity (Wildman–Crippen MR) is 132 cm³/mol. The molecule has 0 spiro atoms. The SMILES string of the molecule is N#Cc1cnn(-c2ccccc2)c1NC(=O)CSc1nnc(-c2cccs2)n1-c1ccc(F)cc1. The average Bonchev–Trinajstić information content (AvgIpc) is 3.63. The molecule has 3 aromatic heterocycles. The number of nitriles is 1. The van der Waals surface area contributed by atoms with E-state index in [4.69, 9.17) is 0 Å². The summed E-state index contributed by atoms with van der Waals surface area (Å²) in [5, 5.41) is 27.5. The molecule has 0 atom stereocenters. The van der Waals surface area contributed by atoms with Crippen molar-refractivity contribution in [1.82, 2.24) is 24.5 Å². The van der Waals surface area contributed by atoms with Gasteiger partial charge in [0.25, 0.3) is 0 Å². The summed E-state index contributed by atoms with van der Waals surface area (Å²) in [6.45, 7) is 0. The van der Waals surface area contributed by atoms with Crippen molar-refractivity contribution in [2.45, 2.75) is 5.16 Å². The average molecular weight is 502 g/mol. The second kappa shape index (κ2) is 9.92. The van der Waals surface area contributed by atoms with Gasteiger partial charge in [0.15, 0.2) is 16.8 Å². The van der Waals surface area contributed by atoms with Crippen LogP contribution in [0.2, 0.25) is 0 Å². The summed E-state index contributed by atoms with van der Waals surface area (Å²) in [5.41, 5.74) is 1.65. The van der Waals surface area contributed by atoms with Crippen LogP contribution in [0.3, 0.4) is 0 Å². The van der Waals surface area contributed by atoms with Crippen molar-refractivity contribution < 1.29 is 9.18 Å². The molecule has 1 N–H and O–H groups in total. The molecule has 8 nitrogen and oxygen atoms in total. The summed E-state index contributed by atoms with van der Waals surface area (Å²) in [6, 6.07) is 21.1. The number of thiophene rings is 1. The molecule has 0 radical (unpaired) electrons. The van der Waals surface area contributed by atoms with Gasteiger partial charge in [-0.2, -0.15) is 10.4 Å². The number of carbonyl (C=O) groups is 1. The number of aromatic nitrogens is 5. The van der Waals surface area contributed by atoms with Gasteiger partial charge in [-0.05, 0) is 47.8 Å². The topological polar surface area (TPSA) is 101 Å². The van der Waals surface area contributed by atoms with Crippen molar-refractivity contribution in [3.8, 4) is 28.1 Å². The smallest absolute Gasteiger partial charge is 0.236 e. The van der Waals surface area contributed by atoms with Crippen LogP contribution in [0.15, 0.2) is 83.5 Å². The van der Waals surface area contributed by atoms with Gasteiger partial charge in [-0.3, -0.25) is 9.36 Å². The highest BCUT2D eigenvalue weighted by Gasteiger charge is 2.20. The zero-order valence-electron chi connectivity index (χ0n) is 18.0. The molecule has 3 heterocycles. The number of thioether (sulfide) groups is 1. The van der Waals surface area contributed by atoms with E-state index in [1.165, 1.54) is 46.1 Å². The van der Waals surface area contributed by atoms with Gasteiger partial charge in [0.05, 0.1) is 22.5 Å². The maximum atomic E-state index is 13.5. The summed E-state index contributed by atoms with van der Waals surface area (Å²) >= 11 is 2.69. The first-order chi connectivity index (χ1) is 17.1. The minimum Gasteiger partial charge on any atom is -0.309 e. The minimum absolute atomic E-state index is 0.00854. The van der Waals surface area contributed by atoms with Crippen molar-refractivity contribution >= 4 is 34.8 Å². The Hall–Kier alpha value is -4.27. The molecular weight excluding hydrogens is 485 g/mol. The van der Waals surface area contributed by atoms with E-state index in [0.717, 1.165) is 4.88 Å². The predicted octanol–water partition coefficient (Wildman–Crippen LogP) is 4.92. The standard InChI is InChI=1S/C24H16FN7OS2/c25-17-8-10-18(11-9-17)31-23(20-7-4-12-34-20)29-30-24(31)35-15-21(33)28-22-16(13-26)14-27-32(22)19-5-2-1-3-6-19/h1-12,14H,15H2,(H,28,33). The first-order valence-electron chi connectivity index (χ1n) is 10.4. The van der Waals surface area contributed by atoms with Gasteiger partial charge in [0.2, 0.25) is 5.91 Å². The number of nitrogens with zero attached hydrogens (tertiary/aromatic N) is 6. The highest BCUT2D eigenvalue weighted by Crippen LogP contribution is 2.30. The van der Waals surface area contributed by atoms with Gasteiger partial charge in [-0.25, -0.2) is 9.07 Å². The zero-order chi connectivity index (χ0) is 24.2. The number of rotatable bonds is 7. The Balaban J connectivity index is 1.39. The number of anilines is 1. The lowest BCUT2D eigenvalue weighted by molar-refractivity contribution is -0.113. The maximum Gasteiger partial charge on any atom is 0.236 e. The fourth-order valence-electron chi connectivity index (χ4n) is 3.37. The van der Waals surface area contributed by atoms with E-state index >= 15 is 0 Å². The molecule has 5 aromatic rings. The molecule has 11 heteroatoms. The van der Waals surface area contributed by atoms with Crippen LogP contribution in [0.5, 0.6) is 0 Å². The van der Waals surface area contributed by atoms with Gasteiger partial charge in [0.1, 0.15) is 17.4 Å². The number of benzene rings is 2. The van der Waals surface area contributed by atoms with Gasteiger partial charge < -0.3 is 5.32 Å². The Bertz CT molecular complexity index is 1500. The molecule has 0 aliphatic carbocycles. The van der Waals surface area contributed by atoms with E-state index in [-0.39, 0.29) is 23.0 Å². The third-order valence-corrected chi connectivity index (χ3v) is 6.74. The van der Waals surface area contributed by atoms with Crippen LogP contribution >= 0.6 is 23.1 Å². The van der Waals surface area contributed by atoms with E-state index < -0.39 is 0 Å². The van der Waals surface area contributed by atoms with Gasteiger partial charge in [-0.15, -0.1) is 21.5 Å². The summed E-state index contributed by atoms with van der Waals surface area (Å²) in [6.07, 6.45) is 1.41. The molecule has 5 rings (SSSR count). The first-order valence-corrected chi connectivity index (χ1v) is 12.2. The maximum absolute atomic E-state index is 13.5. The molecule has 2 aromatic carbocycles. The molecule has 1 amide bonds. The molecule has 172 valence electrons. The van der Waals surface area contributed by atoms with Crippen LogP contribution in [0.25, 0.3) is 22.1 Å². The lowest BCUT2D eigenvalue weighted by Crippen LogP contribution is -2.18. The van der Waals surface area contributed by atoms with Crippen molar-refractivity contribution in [2.24, 2.45) is 0 Å². The third-order valence-electron chi connectivity index (χ3n) is 4.94. The van der Waals surface area contributed by atoms with Crippen LogP contribution in [-0.4, -0.2) is 36.2 Å².